The van der Waals surface area contributed by atoms with Crippen LogP contribution in [-0.4, -0.2) is 21.1 Å². The van der Waals surface area contributed by atoms with Crippen molar-refractivity contribution in [2.45, 2.75) is 32.4 Å². The quantitative estimate of drug-likeness (QED) is 0.733. The first-order chi connectivity index (χ1) is 6.81. The lowest BCUT2D eigenvalue weighted by atomic mass is 10.2. The second-order valence-electron chi connectivity index (χ2n) is 4.44. The van der Waals surface area contributed by atoms with Crippen LogP contribution >= 0.6 is 0 Å². The molecule has 0 spiro atoms. The van der Waals surface area contributed by atoms with Crippen molar-refractivity contribution in [2.75, 3.05) is 0 Å². The molecule has 0 amide bonds. The molecule has 1 rings (SSSR count). The number of rotatable bonds is 2. The van der Waals surface area contributed by atoms with E-state index in [9.17, 15) is 4.79 Å². The van der Waals surface area contributed by atoms with Gasteiger partial charge in [-0.2, -0.15) is 0 Å². The molecule has 1 aromatic rings. The maximum atomic E-state index is 11.6. The van der Waals surface area contributed by atoms with Crippen molar-refractivity contribution in [1.29, 1.82) is 0 Å². The fraction of sp³-hybridized carbons (Fsp3) is 0.600. The van der Waals surface area contributed by atoms with Gasteiger partial charge in [0.1, 0.15) is 11.6 Å². The van der Waals surface area contributed by atoms with Gasteiger partial charge < -0.3 is 15.0 Å². The van der Waals surface area contributed by atoms with Gasteiger partial charge in [-0.15, -0.1) is 0 Å². The van der Waals surface area contributed by atoms with Crippen LogP contribution in [0.2, 0.25) is 0 Å². The van der Waals surface area contributed by atoms with E-state index < -0.39 is 17.6 Å². The van der Waals surface area contributed by atoms with Crippen LogP contribution in [0.25, 0.3) is 0 Å². The zero-order valence-electron chi connectivity index (χ0n) is 9.52. The molecule has 0 fully saturated rings. The third kappa shape index (κ3) is 3.06. The lowest BCUT2D eigenvalue weighted by Gasteiger charge is -2.22. The molecule has 0 aliphatic rings. The minimum atomic E-state index is -0.781. The van der Waals surface area contributed by atoms with Crippen LogP contribution in [-0.2, 0) is 16.6 Å². The van der Waals surface area contributed by atoms with Gasteiger partial charge in [0.05, 0.1) is 18.2 Å². The molecule has 1 unspecified atom stereocenters. The molecule has 0 aliphatic carbocycles. The number of carbonyl (C=O) groups is 1. The summed E-state index contributed by atoms with van der Waals surface area (Å²) in [5.41, 5.74) is 5.88. The summed E-state index contributed by atoms with van der Waals surface area (Å²) in [5, 5.41) is 0. The molecule has 5 heteroatoms. The Morgan fingerprint density at radius 3 is 2.60 bits per heavy atom. The first kappa shape index (κ1) is 11.7. The Kier molecular flexibility index (Phi) is 3.14. The molecule has 1 atom stereocenters. The Balaban J connectivity index is 2.74. The van der Waals surface area contributed by atoms with Crippen molar-refractivity contribution in [1.82, 2.24) is 9.55 Å². The Hall–Kier alpha value is -1.36. The molecular formula is C10H17N3O2. The van der Waals surface area contributed by atoms with Crippen LogP contribution in [0.15, 0.2) is 12.5 Å². The van der Waals surface area contributed by atoms with Gasteiger partial charge in [0.25, 0.3) is 0 Å². The smallest absolute Gasteiger partial charge is 0.329 e. The number of imidazole rings is 1. The minimum Gasteiger partial charge on any atom is -0.459 e. The van der Waals surface area contributed by atoms with Crippen molar-refractivity contribution in [3.63, 3.8) is 0 Å². The highest BCUT2D eigenvalue weighted by atomic mass is 16.6. The van der Waals surface area contributed by atoms with E-state index in [2.05, 4.69) is 4.98 Å². The number of aromatic nitrogens is 2. The molecule has 0 bridgehead atoms. The summed E-state index contributed by atoms with van der Waals surface area (Å²) < 4.78 is 6.88. The largest absolute Gasteiger partial charge is 0.459 e. The summed E-state index contributed by atoms with van der Waals surface area (Å²) in [6.45, 7) is 5.42. The molecule has 5 nitrogen and oxygen atoms in total. The van der Waals surface area contributed by atoms with Crippen LogP contribution in [0.4, 0.5) is 0 Å². The number of hydrogen-bond acceptors (Lipinski definition) is 4. The van der Waals surface area contributed by atoms with Gasteiger partial charge in [0.15, 0.2) is 0 Å². The Bertz CT molecular complexity index is 352. The van der Waals surface area contributed by atoms with E-state index in [0.29, 0.717) is 5.69 Å². The van der Waals surface area contributed by atoms with Gasteiger partial charge >= 0.3 is 5.97 Å². The average Bonchev–Trinajstić information content (AvgIpc) is 2.47. The van der Waals surface area contributed by atoms with E-state index in [1.165, 1.54) is 0 Å². The normalized spacial score (nSPS) is 13.7. The van der Waals surface area contributed by atoms with Crippen molar-refractivity contribution >= 4 is 5.97 Å². The second kappa shape index (κ2) is 4.02. The maximum absolute atomic E-state index is 11.6. The highest BCUT2D eigenvalue weighted by molar-refractivity contribution is 5.77. The number of nitrogens with zero attached hydrogens (tertiary/aromatic N) is 2. The monoisotopic (exact) mass is 211 g/mol. The van der Waals surface area contributed by atoms with Gasteiger partial charge in [-0.1, -0.05) is 0 Å². The predicted molar refractivity (Wildman–Crippen MR) is 56.0 cm³/mol. The lowest BCUT2D eigenvalue weighted by Crippen LogP contribution is -2.32. The molecule has 0 radical (unpaired) electrons. The average molecular weight is 211 g/mol. The fourth-order valence-electron chi connectivity index (χ4n) is 1.15. The van der Waals surface area contributed by atoms with Crippen LogP contribution in [0.5, 0.6) is 0 Å². The summed E-state index contributed by atoms with van der Waals surface area (Å²) in [6, 6.07) is -0.781. The SMILES string of the molecule is Cn1cncc1C(N)C(=O)OC(C)(C)C. The molecule has 2 N–H and O–H groups in total. The van der Waals surface area contributed by atoms with Gasteiger partial charge in [0.2, 0.25) is 0 Å². The summed E-state index contributed by atoms with van der Waals surface area (Å²) in [7, 11) is 1.78. The third-order valence-electron chi connectivity index (χ3n) is 1.83. The second-order valence-corrected chi connectivity index (χ2v) is 4.44. The highest BCUT2D eigenvalue weighted by Gasteiger charge is 2.25. The van der Waals surface area contributed by atoms with Gasteiger partial charge in [0, 0.05) is 7.05 Å². The molecular weight excluding hydrogens is 194 g/mol. The Morgan fingerprint density at radius 2 is 2.20 bits per heavy atom. The molecule has 84 valence electrons. The number of nitrogens with two attached hydrogens (primary N) is 1. The van der Waals surface area contributed by atoms with E-state index in [-0.39, 0.29) is 0 Å². The Labute approximate surface area is 89.2 Å². The zero-order valence-corrected chi connectivity index (χ0v) is 9.52. The van der Waals surface area contributed by atoms with E-state index in [1.807, 2.05) is 0 Å². The van der Waals surface area contributed by atoms with E-state index in [4.69, 9.17) is 10.5 Å². The molecule has 0 aromatic carbocycles. The fourth-order valence-corrected chi connectivity index (χ4v) is 1.15. The molecule has 1 aromatic heterocycles. The number of ether oxygens (including phenoxy) is 1. The zero-order chi connectivity index (χ0) is 11.6. The number of hydrogen-bond donors (Lipinski definition) is 1. The van der Waals surface area contributed by atoms with Crippen LogP contribution in [0.3, 0.4) is 0 Å². The predicted octanol–water partition coefficient (Wildman–Crippen LogP) is 0.762. The van der Waals surface area contributed by atoms with E-state index in [1.54, 1.807) is 44.9 Å². The third-order valence-corrected chi connectivity index (χ3v) is 1.83. The Morgan fingerprint density at radius 1 is 1.60 bits per heavy atom. The van der Waals surface area contributed by atoms with Gasteiger partial charge in [-0.05, 0) is 20.8 Å². The van der Waals surface area contributed by atoms with Gasteiger partial charge in [-0.25, -0.2) is 9.78 Å². The summed E-state index contributed by atoms with van der Waals surface area (Å²) in [6.07, 6.45) is 3.16. The molecule has 15 heavy (non-hydrogen) atoms. The minimum absolute atomic E-state index is 0.439. The highest BCUT2D eigenvalue weighted by Crippen LogP contribution is 2.15. The van der Waals surface area contributed by atoms with Crippen molar-refractivity contribution < 1.29 is 9.53 Å². The summed E-state index contributed by atoms with van der Waals surface area (Å²) in [4.78, 5) is 15.5. The summed E-state index contributed by atoms with van der Waals surface area (Å²) in [5.74, 6) is -0.439. The number of carbonyl (C=O) groups excluding carboxylic acids is 1. The van der Waals surface area contributed by atoms with Crippen LogP contribution in [0.1, 0.15) is 32.5 Å². The lowest BCUT2D eigenvalue weighted by molar-refractivity contribution is -0.156. The first-order valence-corrected chi connectivity index (χ1v) is 4.76. The van der Waals surface area contributed by atoms with Crippen LogP contribution in [0, 0.1) is 0 Å². The molecule has 1 heterocycles. The van der Waals surface area contributed by atoms with Crippen LogP contribution < -0.4 is 5.73 Å². The number of esters is 1. The first-order valence-electron chi connectivity index (χ1n) is 4.76. The molecule has 0 aliphatic heterocycles. The van der Waals surface area contributed by atoms with E-state index in [0.717, 1.165) is 0 Å². The van der Waals surface area contributed by atoms with Gasteiger partial charge in [-0.3, -0.25) is 0 Å². The maximum Gasteiger partial charge on any atom is 0.329 e. The van der Waals surface area contributed by atoms with Crippen molar-refractivity contribution in [3.05, 3.63) is 18.2 Å². The topological polar surface area (TPSA) is 70.1 Å². The van der Waals surface area contributed by atoms with E-state index >= 15 is 0 Å². The summed E-state index contributed by atoms with van der Waals surface area (Å²) >= 11 is 0. The number of aryl methyl sites for hydroxylation is 1. The molecule has 0 saturated heterocycles. The van der Waals surface area contributed by atoms with Crippen molar-refractivity contribution in [3.8, 4) is 0 Å². The van der Waals surface area contributed by atoms with Crippen molar-refractivity contribution in [2.24, 2.45) is 12.8 Å². The molecule has 0 saturated carbocycles. The standard InChI is InChI=1S/C10H17N3O2/c1-10(2,3)15-9(14)8(11)7-5-12-6-13(7)4/h5-6,8H,11H2,1-4H3.